The zero-order valence-corrected chi connectivity index (χ0v) is 20.0. The highest BCUT2D eigenvalue weighted by Gasteiger charge is 2.43. The fourth-order valence-corrected chi connectivity index (χ4v) is 5.56. The van der Waals surface area contributed by atoms with Gasteiger partial charge in [0.25, 0.3) is 0 Å². The van der Waals surface area contributed by atoms with Crippen molar-refractivity contribution in [3.05, 3.63) is 0 Å². The van der Waals surface area contributed by atoms with Gasteiger partial charge in [-0.2, -0.15) is 5.26 Å². The van der Waals surface area contributed by atoms with Crippen LogP contribution in [0.5, 0.6) is 0 Å². The molecule has 0 aromatic heterocycles. The Morgan fingerprint density at radius 1 is 1.06 bits per heavy atom. The second-order valence-electron chi connectivity index (χ2n) is 10.2. The van der Waals surface area contributed by atoms with Crippen molar-refractivity contribution in [2.24, 2.45) is 11.8 Å². The standard InChI is InChI=1S/C24H40N4O3/c1-17-6-10-24(16-25,11-7-17)26(5)22(29)20(4)27-12-8-21(9-13-27)23(30)28-14-18(2)31-19(3)15-28/h17-21H,6-15H2,1-5H3. The molecule has 2 heterocycles. The van der Waals surface area contributed by atoms with Crippen LogP contribution in [-0.4, -0.2) is 83.5 Å². The molecule has 1 aliphatic carbocycles. The predicted molar refractivity (Wildman–Crippen MR) is 119 cm³/mol. The van der Waals surface area contributed by atoms with Gasteiger partial charge in [0.1, 0.15) is 5.54 Å². The Morgan fingerprint density at radius 3 is 2.13 bits per heavy atom. The summed E-state index contributed by atoms with van der Waals surface area (Å²) in [5.74, 6) is 0.907. The highest BCUT2D eigenvalue weighted by atomic mass is 16.5. The molecule has 1 saturated carbocycles. The molecule has 0 aromatic carbocycles. The van der Waals surface area contributed by atoms with E-state index in [1.54, 1.807) is 11.9 Å². The molecule has 0 bridgehead atoms. The molecule has 7 heteroatoms. The van der Waals surface area contributed by atoms with E-state index in [1.807, 2.05) is 25.7 Å². The number of ether oxygens (including phenoxy) is 1. The highest BCUT2D eigenvalue weighted by Crippen LogP contribution is 2.36. The summed E-state index contributed by atoms with van der Waals surface area (Å²) < 4.78 is 5.76. The fourth-order valence-electron chi connectivity index (χ4n) is 5.56. The number of piperidine rings is 1. The van der Waals surface area contributed by atoms with Crippen molar-refractivity contribution >= 4 is 11.8 Å². The average Bonchev–Trinajstić information content (AvgIpc) is 2.77. The predicted octanol–water partition coefficient (Wildman–Crippen LogP) is 2.65. The first-order valence-electron chi connectivity index (χ1n) is 12.0. The lowest BCUT2D eigenvalue weighted by Gasteiger charge is -2.44. The number of carbonyl (C=O) groups is 2. The number of nitriles is 1. The molecule has 3 fully saturated rings. The van der Waals surface area contributed by atoms with Gasteiger partial charge in [-0.15, -0.1) is 0 Å². The molecule has 0 aromatic rings. The van der Waals surface area contributed by atoms with E-state index in [2.05, 4.69) is 17.9 Å². The Kier molecular flexibility index (Phi) is 7.64. The first-order valence-corrected chi connectivity index (χ1v) is 12.0. The van der Waals surface area contributed by atoms with Crippen LogP contribution in [0.1, 0.15) is 66.2 Å². The van der Waals surface area contributed by atoms with Crippen LogP contribution in [0.2, 0.25) is 0 Å². The van der Waals surface area contributed by atoms with Crippen LogP contribution < -0.4 is 0 Å². The first-order chi connectivity index (χ1) is 14.7. The maximum Gasteiger partial charge on any atom is 0.240 e. The van der Waals surface area contributed by atoms with Crippen LogP contribution in [0, 0.1) is 23.2 Å². The van der Waals surface area contributed by atoms with Gasteiger partial charge in [0.05, 0.1) is 24.3 Å². The summed E-state index contributed by atoms with van der Waals surface area (Å²) in [6.45, 7) is 11.0. The fraction of sp³-hybridized carbons (Fsp3) is 0.875. The SMILES string of the molecule is CC1CCC(C#N)(N(C)C(=O)C(C)N2CCC(C(=O)N3CC(C)OC(C)C3)CC2)CC1. The van der Waals surface area contributed by atoms with E-state index in [4.69, 9.17) is 4.74 Å². The number of rotatable bonds is 4. The summed E-state index contributed by atoms with van der Waals surface area (Å²) in [5, 5.41) is 9.89. The minimum absolute atomic E-state index is 0.0247. The maximum atomic E-state index is 13.3. The van der Waals surface area contributed by atoms with E-state index in [9.17, 15) is 14.9 Å². The quantitative estimate of drug-likeness (QED) is 0.683. The molecule has 0 radical (unpaired) electrons. The maximum absolute atomic E-state index is 13.3. The minimum atomic E-state index is -0.671. The monoisotopic (exact) mass is 432 g/mol. The number of nitrogens with zero attached hydrogens (tertiary/aromatic N) is 4. The lowest BCUT2D eigenvalue weighted by atomic mass is 9.77. The third-order valence-electron chi connectivity index (χ3n) is 7.80. The molecule has 3 atom stereocenters. The van der Waals surface area contributed by atoms with E-state index in [-0.39, 0.29) is 36.0 Å². The Bertz CT molecular complexity index is 679. The Labute approximate surface area is 187 Å². The van der Waals surface area contributed by atoms with Crippen molar-refractivity contribution in [3.8, 4) is 6.07 Å². The largest absolute Gasteiger partial charge is 0.372 e. The van der Waals surface area contributed by atoms with Gasteiger partial charge in [0.2, 0.25) is 11.8 Å². The van der Waals surface area contributed by atoms with E-state index in [0.717, 1.165) is 51.6 Å². The van der Waals surface area contributed by atoms with E-state index in [0.29, 0.717) is 19.0 Å². The van der Waals surface area contributed by atoms with Gasteiger partial charge in [-0.3, -0.25) is 14.5 Å². The van der Waals surface area contributed by atoms with Gasteiger partial charge in [0, 0.05) is 26.1 Å². The topological polar surface area (TPSA) is 76.9 Å². The Morgan fingerprint density at radius 2 is 1.61 bits per heavy atom. The summed E-state index contributed by atoms with van der Waals surface area (Å²) in [6, 6.07) is 2.20. The second kappa shape index (κ2) is 9.87. The van der Waals surface area contributed by atoms with E-state index < -0.39 is 5.54 Å². The molecule has 3 unspecified atom stereocenters. The van der Waals surface area contributed by atoms with Gasteiger partial charge in [-0.25, -0.2) is 0 Å². The van der Waals surface area contributed by atoms with Crippen molar-refractivity contribution in [3.63, 3.8) is 0 Å². The van der Waals surface area contributed by atoms with Crippen LogP contribution >= 0.6 is 0 Å². The lowest BCUT2D eigenvalue weighted by molar-refractivity contribution is -0.149. The molecule has 174 valence electrons. The van der Waals surface area contributed by atoms with Crippen LogP contribution in [0.25, 0.3) is 0 Å². The van der Waals surface area contributed by atoms with Gasteiger partial charge in [-0.05, 0) is 78.3 Å². The van der Waals surface area contributed by atoms with Gasteiger partial charge >= 0.3 is 0 Å². The van der Waals surface area contributed by atoms with Crippen molar-refractivity contribution in [2.75, 3.05) is 33.2 Å². The molecular formula is C24H40N4O3. The molecule has 2 amide bonds. The minimum Gasteiger partial charge on any atom is -0.372 e. The molecular weight excluding hydrogens is 392 g/mol. The molecule has 3 rings (SSSR count). The number of hydrogen-bond acceptors (Lipinski definition) is 5. The average molecular weight is 433 g/mol. The summed E-state index contributed by atoms with van der Waals surface area (Å²) in [4.78, 5) is 32.1. The third-order valence-corrected chi connectivity index (χ3v) is 7.80. The number of morpholine rings is 1. The molecule has 0 N–H and O–H groups in total. The number of likely N-dealkylation sites (tertiary alicyclic amines) is 1. The van der Waals surface area contributed by atoms with Gasteiger partial charge in [0.15, 0.2) is 0 Å². The first kappa shape index (κ1) is 24.0. The Balaban J connectivity index is 1.54. The van der Waals surface area contributed by atoms with E-state index >= 15 is 0 Å². The zero-order chi connectivity index (χ0) is 22.8. The molecule has 7 nitrogen and oxygen atoms in total. The van der Waals surface area contributed by atoms with Crippen LogP contribution in [0.4, 0.5) is 0 Å². The molecule has 0 spiro atoms. The van der Waals surface area contributed by atoms with Crippen molar-refractivity contribution in [1.29, 1.82) is 5.26 Å². The smallest absolute Gasteiger partial charge is 0.240 e. The summed E-state index contributed by atoms with van der Waals surface area (Å²) in [5.41, 5.74) is -0.671. The number of hydrogen-bond donors (Lipinski definition) is 0. The van der Waals surface area contributed by atoms with Crippen molar-refractivity contribution in [2.45, 2.75) is 90.0 Å². The van der Waals surface area contributed by atoms with Crippen LogP contribution in [0.15, 0.2) is 0 Å². The van der Waals surface area contributed by atoms with Crippen LogP contribution in [0.3, 0.4) is 0 Å². The third kappa shape index (κ3) is 5.23. The van der Waals surface area contributed by atoms with Crippen LogP contribution in [-0.2, 0) is 14.3 Å². The summed E-state index contributed by atoms with van der Waals surface area (Å²) >= 11 is 0. The Hall–Kier alpha value is -1.65. The van der Waals surface area contributed by atoms with Gasteiger partial charge in [-0.1, -0.05) is 6.92 Å². The molecule has 2 saturated heterocycles. The number of likely N-dealkylation sites (N-methyl/N-ethyl adjacent to an activating group) is 1. The van der Waals surface area contributed by atoms with Crippen molar-refractivity contribution in [1.82, 2.24) is 14.7 Å². The lowest BCUT2D eigenvalue weighted by Crippen LogP contribution is -2.57. The second-order valence-corrected chi connectivity index (χ2v) is 10.2. The summed E-state index contributed by atoms with van der Waals surface area (Å²) in [7, 11) is 1.80. The molecule has 31 heavy (non-hydrogen) atoms. The number of amides is 2. The zero-order valence-electron chi connectivity index (χ0n) is 20.0. The molecule has 3 aliphatic rings. The summed E-state index contributed by atoms with van der Waals surface area (Å²) in [6.07, 6.45) is 5.21. The van der Waals surface area contributed by atoms with Crippen molar-refractivity contribution < 1.29 is 14.3 Å². The number of carbonyl (C=O) groups excluding carboxylic acids is 2. The van der Waals surface area contributed by atoms with E-state index in [1.165, 1.54) is 0 Å². The van der Waals surface area contributed by atoms with Gasteiger partial charge < -0.3 is 14.5 Å². The highest BCUT2D eigenvalue weighted by molar-refractivity contribution is 5.83. The normalized spacial score (nSPS) is 34.1. The molecule has 2 aliphatic heterocycles.